The first-order chi connectivity index (χ1) is 17.6. The van der Waals surface area contributed by atoms with E-state index in [9.17, 15) is 13.2 Å². The van der Waals surface area contributed by atoms with Gasteiger partial charge in [-0.05, 0) is 55.7 Å². The van der Waals surface area contributed by atoms with Crippen molar-refractivity contribution in [2.45, 2.75) is 95.8 Å². The molecule has 1 aliphatic carbocycles. The number of carbonyl (C=O) groups is 1. The van der Waals surface area contributed by atoms with E-state index in [4.69, 9.17) is 4.74 Å². The first-order valence-electron chi connectivity index (χ1n) is 13.9. The normalized spacial score (nSPS) is 36.7. The number of rotatable bonds is 2. The van der Waals surface area contributed by atoms with Crippen molar-refractivity contribution in [3.63, 3.8) is 0 Å². The fourth-order valence-electron chi connectivity index (χ4n) is 6.77. The molecule has 0 aromatic heterocycles. The van der Waals surface area contributed by atoms with Crippen LogP contribution in [0.2, 0.25) is 0 Å². The maximum Gasteiger partial charge on any atom is 0.226 e. The zero-order valence-electron chi connectivity index (χ0n) is 22.5. The van der Waals surface area contributed by atoms with Crippen LogP contribution < -0.4 is 20.7 Å². The summed E-state index contributed by atoms with van der Waals surface area (Å²) in [6, 6.07) is 6.21. The molecule has 0 spiro atoms. The molecule has 0 radical (unpaired) electrons. The lowest BCUT2D eigenvalue weighted by Crippen LogP contribution is -2.64. The topological polar surface area (TPSA) is 112 Å². The first kappa shape index (κ1) is 27.0. The fourth-order valence-corrected chi connectivity index (χ4v) is 8.39. The summed E-state index contributed by atoms with van der Waals surface area (Å²) in [6.07, 6.45) is 1.82. The Morgan fingerprint density at radius 1 is 1.05 bits per heavy atom. The van der Waals surface area contributed by atoms with Gasteiger partial charge in [0.25, 0.3) is 0 Å². The molecule has 1 aromatic carbocycles. The van der Waals surface area contributed by atoms with Gasteiger partial charge in [0.1, 0.15) is 12.5 Å². The molecule has 1 saturated carbocycles. The largest absolute Gasteiger partial charge is 0.357 e. The van der Waals surface area contributed by atoms with Crippen LogP contribution in [0.3, 0.4) is 0 Å². The van der Waals surface area contributed by atoms with E-state index in [1.54, 1.807) is 0 Å². The number of aryl methyl sites for hydroxylation is 2. The lowest BCUT2D eigenvalue weighted by molar-refractivity contribution is -0.143. The van der Waals surface area contributed by atoms with Crippen LogP contribution in [0, 0.1) is 25.7 Å². The van der Waals surface area contributed by atoms with Crippen molar-refractivity contribution in [1.82, 2.24) is 25.6 Å². The Hall–Kier alpha value is -1.56. The Labute approximate surface area is 221 Å². The lowest BCUT2D eigenvalue weighted by atomic mass is 9.87. The Balaban J connectivity index is 1.51. The Kier molecular flexibility index (Phi) is 7.96. The Morgan fingerprint density at radius 3 is 2.54 bits per heavy atom. The molecule has 3 heterocycles. The van der Waals surface area contributed by atoms with E-state index in [-0.39, 0.29) is 42.2 Å². The maximum absolute atomic E-state index is 13.9. The second-order valence-electron chi connectivity index (χ2n) is 11.7. The average Bonchev–Trinajstić information content (AvgIpc) is 3.05. The Bertz CT molecular complexity index is 1080. The van der Waals surface area contributed by atoms with Crippen LogP contribution in [0.15, 0.2) is 18.2 Å². The molecular weight excluding hydrogens is 490 g/mol. The number of nitrogens with one attached hydrogen (secondary N) is 4. The number of amides is 1. The van der Waals surface area contributed by atoms with Crippen molar-refractivity contribution < 1.29 is 17.9 Å². The molecule has 6 bridgehead atoms. The van der Waals surface area contributed by atoms with Crippen LogP contribution in [0.5, 0.6) is 0 Å². The van der Waals surface area contributed by atoms with E-state index < -0.39 is 21.6 Å². The van der Waals surface area contributed by atoms with Gasteiger partial charge < -0.3 is 15.0 Å². The number of sulfonamides is 1. The molecule has 37 heavy (non-hydrogen) atoms. The maximum atomic E-state index is 13.9. The van der Waals surface area contributed by atoms with Crippen LogP contribution in [-0.2, 0) is 19.6 Å². The molecule has 206 valence electrons. The number of benzene rings is 1. The highest BCUT2D eigenvalue weighted by atomic mass is 32.2. The van der Waals surface area contributed by atoms with E-state index in [0.717, 1.165) is 12.8 Å². The van der Waals surface area contributed by atoms with Gasteiger partial charge in [-0.1, -0.05) is 38.5 Å². The predicted molar refractivity (Wildman–Crippen MR) is 143 cm³/mol. The molecule has 4 aliphatic rings. The lowest BCUT2D eigenvalue weighted by Gasteiger charge is -2.40. The standard InChI is InChI=1S/C27H43N5O4S/c1-16(2)23-14-28-13-20-15-32(23)26(33)19-9-6-10-21(11-19)37(34,35)31-27-29-22(12-24(30-27)36-20)25-17(3)7-5-8-18(25)4/h5,7-8,16,19-24,27-31H,6,9-15H2,1-4H3/t19?,20-,21?,22?,23-,24?,27?/m0/s1. The molecule has 5 unspecified atom stereocenters. The van der Waals surface area contributed by atoms with Gasteiger partial charge in [0.15, 0.2) is 0 Å². The molecule has 7 atom stereocenters. The molecule has 1 aromatic rings. The van der Waals surface area contributed by atoms with Gasteiger partial charge in [0, 0.05) is 44.1 Å². The molecular formula is C27H43N5O4S. The zero-order chi connectivity index (χ0) is 26.3. The minimum absolute atomic E-state index is 0.0532. The highest BCUT2D eigenvalue weighted by Crippen LogP contribution is 2.33. The monoisotopic (exact) mass is 533 g/mol. The molecule has 3 aliphatic heterocycles. The fraction of sp³-hybridized carbons (Fsp3) is 0.741. The van der Waals surface area contributed by atoms with Crippen molar-refractivity contribution in [2.75, 3.05) is 19.6 Å². The van der Waals surface area contributed by atoms with Crippen LogP contribution >= 0.6 is 0 Å². The highest BCUT2D eigenvalue weighted by Gasteiger charge is 2.43. The summed E-state index contributed by atoms with van der Waals surface area (Å²) in [7, 11) is -3.67. The van der Waals surface area contributed by atoms with Crippen molar-refractivity contribution in [1.29, 1.82) is 0 Å². The highest BCUT2D eigenvalue weighted by molar-refractivity contribution is 7.90. The molecule has 5 rings (SSSR count). The van der Waals surface area contributed by atoms with Crippen molar-refractivity contribution in [3.05, 3.63) is 34.9 Å². The quantitative estimate of drug-likeness (QED) is 0.459. The van der Waals surface area contributed by atoms with E-state index in [0.29, 0.717) is 38.9 Å². The number of fused-ring (bicyclic) bond motifs is 6. The third kappa shape index (κ3) is 5.74. The van der Waals surface area contributed by atoms with E-state index in [1.807, 2.05) is 11.0 Å². The second-order valence-corrected chi connectivity index (χ2v) is 13.7. The zero-order valence-corrected chi connectivity index (χ0v) is 23.3. The van der Waals surface area contributed by atoms with Crippen LogP contribution in [0.1, 0.15) is 68.7 Å². The smallest absolute Gasteiger partial charge is 0.226 e. The number of hydrogen-bond donors (Lipinski definition) is 4. The van der Waals surface area contributed by atoms with Crippen molar-refractivity contribution in [3.8, 4) is 0 Å². The van der Waals surface area contributed by atoms with E-state index >= 15 is 0 Å². The SMILES string of the molecule is Cc1cccc(C)c1C1CC2NC(N1)NS(=O)(=O)C1CCCC(C1)C(=O)N1C[C@H](CNC[C@H]1C(C)C)O2. The van der Waals surface area contributed by atoms with E-state index in [1.165, 1.54) is 16.7 Å². The van der Waals surface area contributed by atoms with Gasteiger partial charge in [-0.15, -0.1) is 0 Å². The summed E-state index contributed by atoms with van der Waals surface area (Å²) >= 11 is 0. The minimum atomic E-state index is -3.67. The third-order valence-electron chi connectivity index (χ3n) is 8.69. The molecule has 4 N–H and O–H groups in total. The minimum Gasteiger partial charge on any atom is -0.357 e. The summed E-state index contributed by atoms with van der Waals surface area (Å²) in [5.41, 5.74) is 3.51. The summed E-state index contributed by atoms with van der Waals surface area (Å²) in [6.45, 7) is 10.4. The second kappa shape index (κ2) is 10.9. The van der Waals surface area contributed by atoms with Crippen LogP contribution in [0.4, 0.5) is 0 Å². The van der Waals surface area contributed by atoms with Crippen molar-refractivity contribution in [2.24, 2.45) is 11.8 Å². The summed E-state index contributed by atoms with van der Waals surface area (Å²) < 4.78 is 36.7. The van der Waals surface area contributed by atoms with Gasteiger partial charge in [0.2, 0.25) is 15.9 Å². The van der Waals surface area contributed by atoms with Gasteiger partial charge in [-0.25, -0.2) is 8.42 Å². The van der Waals surface area contributed by atoms with Crippen LogP contribution in [-0.4, -0.2) is 68.8 Å². The number of hydrogen-bond acceptors (Lipinski definition) is 7. The predicted octanol–water partition coefficient (Wildman–Crippen LogP) is 1.87. The Morgan fingerprint density at radius 2 is 1.81 bits per heavy atom. The summed E-state index contributed by atoms with van der Waals surface area (Å²) in [5.74, 6) is 0.0850. The third-order valence-corrected chi connectivity index (χ3v) is 10.6. The summed E-state index contributed by atoms with van der Waals surface area (Å²) in [5, 5.41) is 9.83. The van der Waals surface area contributed by atoms with Gasteiger partial charge in [-0.2, -0.15) is 4.72 Å². The molecule has 1 amide bonds. The molecule has 10 heteroatoms. The average molecular weight is 534 g/mol. The molecule has 4 fully saturated rings. The van der Waals surface area contributed by atoms with Crippen molar-refractivity contribution >= 4 is 15.9 Å². The number of ether oxygens (including phenoxy) is 1. The van der Waals surface area contributed by atoms with Crippen LogP contribution in [0.25, 0.3) is 0 Å². The van der Waals surface area contributed by atoms with Gasteiger partial charge >= 0.3 is 0 Å². The molecule has 3 saturated heterocycles. The number of nitrogens with zero attached hydrogens (tertiary/aromatic N) is 1. The van der Waals surface area contributed by atoms with Gasteiger partial charge in [-0.3, -0.25) is 15.4 Å². The summed E-state index contributed by atoms with van der Waals surface area (Å²) in [4.78, 5) is 15.9. The van der Waals surface area contributed by atoms with E-state index in [2.05, 4.69) is 60.5 Å². The first-order valence-corrected chi connectivity index (χ1v) is 15.4. The number of carbonyl (C=O) groups excluding carboxylic acids is 1. The van der Waals surface area contributed by atoms with Gasteiger partial charge in [0.05, 0.1) is 11.4 Å². The molecule has 9 nitrogen and oxygen atoms in total.